The maximum absolute atomic E-state index is 11.8. The van der Waals surface area contributed by atoms with E-state index >= 15 is 0 Å². The van der Waals surface area contributed by atoms with E-state index in [9.17, 15) is 4.79 Å². The Morgan fingerprint density at radius 3 is 2.94 bits per heavy atom. The summed E-state index contributed by atoms with van der Waals surface area (Å²) < 4.78 is 5.44. The Kier molecular flexibility index (Phi) is 6.39. The monoisotopic (exact) mass is 250 g/mol. The third-order valence-electron chi connectivity index (χ3n) is 2.67. The standard InChI is InChI=1S/C14H22N2O2/c1-3-4-8-18-11(2)14(17)16-13-7-5-6-12(9-13)10-15/h5-7,9,11H,3-4,8,10,15H2,1-2H3,(H,16,17). The Labute approximate surface area is 109 Å². The normalized spacial score (nSPS) is 12.2. The Morgan fingerprint density at radius 1 is 1.50 bits per heavy atom. The average molecular weight is 250 g/mol. The van der Waals surface area contributed by atoms with Crippen molar-refractivity contribution in [2.75, 3.05) is 11.9 Å². The lowest BCUT2D eigenvalue weighted by Crippen LogP contribution is -2.28. The predicted molar refractivity (Wildman–Crippen MR) is 73.3 cm³/mol. The molecule has 0 saturated heterocycles. The van der Waals surface area contributed by atoms with Crippen molar-refractivity contribution in [3.8, 4) is 0 Å². The van der Waals surface area contributed by atoms with Gasteiger partial charge in [0.05, 0.1) is 0 Å². The molecule has 0 aliphatic rings. The molecule has 0 aliphatic carbocycles. The summed E-state index contributed by atoms with van der Waals surface area (Å²) in [6.07, 6.45) is 1.60. The number of unbranched alkanes of at least 4 members (excludes halogenated alkanes) is 1. The van der Waals surface area contributed by atoms with Gasteiger partial charge >= 0.3 is 0 Å². The molecule has 4 heteroatoms. The van der Waals surface area contributed by atoms with Gasteiger partial charge in [-0.2, -0.15) is 0 Å². The van der Waals surface area contributed by atoms with E-state index in [1.165, 1.54) is 0 Å². The van der Waals surface area contributed by atoms with Gasteiger partial charge in [0.1, 0.15) is 6.10 Å². The first-order valence-corrected chi connectivity index (χ1v) is 6.38. The van der Waals surface area contributed by atoms with E-state index in [2.05, 4.69) is 12.2 Å². The van der Waals surface area contributed by atoms with E-state index in [4.69, 9.17) is 10.5 Å². The lowest BCUT2D eigenvalue weighted by atomic mass is 10.2. The van der Waals surface area contributed by atoms with Gasteiger partial charge in [-0.1, -0.05) is 25.5 Å². The number of ether oxygens (including phenoxy) is 1. The molecule has 0 radical (unpaired) electrons. The molecule has 0 bridgehead atoms. The van der Waals surface area contributed by atoms with E-state index in [1.54, 1.807) is 6.92 Å². The Morgan fingerprint density at radius 2 is 2.28 bits per heavy atom. The highest BCUT2D eigenvalue weighted by Crippen LogP contribution is 2.11. The number of nitrogens with one attached hydrogen (secondary N) is 1. The first kappa shape index (κ1) is 14.7. The van der Waals surface area contributed by atoms with Crippen LogP contribution in [0.3, 0.4) is 0 Å². The van der Waals surface area contributed by atoms with Gasteiger partial charge in [0.15, 0.2) is 0 Å². The Hall–Kier alpha value is -1.39. The molecule has 0 heterocycles. The third kappa shape index (κ3) is 4.85. The van der Waals surface area contributed by atoms with Crippen LogP contribution in [-0.4, -0.2) is 18.6 Å². The smallest absolute Gasteiger partial charge is 0.253 e. The van der Waals surface area contributed by atoms with Gasteiger partial charge in [-0.3, -0.25) is 4.79 Å². The summed E-state index contributed by atoms with van der Waals surface area (Å²) in [7, 11) is 0. The van der Waals surface area contributed by atoms with E-state index in [-0.39, 0.29) is 5.91 Å². The van der Waals surface area contributed by atoms with E-state index in [0.29, 0.717) is 13.2 Å². The first-order valence-electron chi connectivity index (χ1n) is 6.38. The van der Waals surface area contributed by atoms with Crippen LogP contribution in [-0.2, 0) is 16.1 Å². The number of hydrogen-bond donors (Lipinski definition) is 2. The SMILES string of the molecule is CCCCOC(C)C(=O)Nc1cccc(CN)c1. The molecule has 1 aromatic rings. The first-order chi connectivity index (χ1) is 8.67. The van der Waals surface area contributed by atoms with Gasteiger partial charge in [-0.05, 0) is 31.0 Å². The predicted octanol–water partition coefficient (Wildman–Crippen LogP) is 2.29. The quantitative estimate of drug-likeness (QED) is 0.730. The number of anilines is 1. The number of hydrogen-bond acceptors (Lipinski definition) is 3. The topological polar surface area (TPSA) is 64.3 Å². The Balaban J connectivity index is 2.47. The van der Waals surface area contributed by atoms with Gasteiger partial charge < -0.3 is 15.8 Å². The summed E-state index contributed by atoms with van der Waals surface area (Å²) in [6, 6.07) is 7.52. The second-order valence-corrected chi connectivity index (χ2v) is 4.26. The molecule has 0 aliphatic heterocycles. The third-order valence-corrected chi connectivity index (χ3v) is 2.67. The molecule has 0 spiro atoms. The molecule has 18 heavy (non-hydrogen) atoms. The van der Waals surface area contributed by atoms with Crippen LogP contribution in [0.15, 0.2) is 24.3 Å². The molecule has 100 valence electrons. The number of nitrogens with two attached hydrogens (primary N) is 1. The number of carbonyl (C=O) groups is 1. The lowest BCUT2D eigenvalue weighted by Gasteiger charge is -2.13. The Bertz CT molecular complexity index is 380. The molecule has 1 unspecified atom stereocenters. The number of rotatable bonds is 7. The number of benzene rings is 1. The molecule has 0 fully saturated rings. The molecule has 4 nitrogen and oxygen atoms in total. The number of amides is 1. The van der Waals surface area contributed by atoms with E-state index < -0.39 is 6.10 Å². The molecule has 1 rings (SSSR count). The highest BCUT2D eigenvalue weighted by Gasteiger charge is 2.13. The fraction of sp³-hybridized carbons (Fsp3) is 0.500. The lowest BCUT2D eigenvalue weighted by molar-refractivity contribution is -0.126. The van der Waals surface area contributed by atoms with Crippen LogP contribution < -0.4 is 11.1 Å². The molecule has 3 N–H and O–H groups in total. The second-order valence-electron chi connectivity index (χ2n) is 4.26. The van der Waals surface area contributed by atoms with Crippen molar-refractivity contribution in [1.82, 2.24) is 0 Å². The molecule has 1 amide bonds. The molecular formula is C14H22N2O2. The number of carbonyl (C=O) groups excluding carboxylic acids is 1. The van der Waals surface area contributed by atoms with Crippen LogP contribution in [0.4, 0.5) is 5.69 Å². The van der Waals surface area contributed by atoms with E-state index in [1.807, 2.05) is 24.3 Å². The van der Waals surface area contributed by atoms with Crippen molar-refractivity contribution in [2.45, 2.75) is 39.3 Å². The van der Waals surface area contributed by atoms with Crippen LogP contribution in [0.5, 0.6) is 0 Å². The van der Waals surface area contributed by atoms with Crippen LogP contribution in [0, 0.1) is 0 Å². The molecule has 1 atom stereocenters. The highest BCUT2D eigenvalue weighted by atomic mass is 16.5. The zero-order chi connectivity index (χ0) is 13.4. The summed E-state index contributed by atoms with van der Waals surface area (Å²) in [5.41, 5.74) is 7.30. The van der Waals surface area contributed by atoms with E-state index in [0.717, 1.165) is 24.1 Å². The second kappa shape index (κ2) is 7.84. The molecule has 0 aromatic heterocycles. The zero-order valence-electron chi connectivity index (χ0n) is 11.1. The molecule has 1 aromatic carbocycles. The summed E-state index contributed by atoms with van der Waals surface area (Å²) in [5.74, 6) is -0.125. The van der Waals surface area contributed by atoms with Crippen LogP contribution in [0.2, 0.25) is 0 Å². The van der Waals surface area contributed by atoms with Crippen molar-refractivity contribution < 1.29 is 9.53 Å². The summed E-state index contributed by atoms with van der Waals surface area (Å²) >= 11 is 0. The maximum Gasteiger partial charge on any atom is 0.253 e. The minimum absolute atomic E-state index is 0.125. The maximum atomic E-state index is 11.8. The average Bonchev–Trinajstić information content (AvgIpc) is 2.39. The van der Waals surface area contributed by atoms with Crippen LogP contribution in [0.1, 0.15) is 32.3 Å². The summed E-state index contributed by atoms with van der Waals surface area (Å²) in [6.45, 7) is 4.93. The van der Waals surface area contributed by atoms with Gasteiger partial charge in [0.25, 0.3) is 5.91 Å². The fourth-order valence-electron chi connectivity index (χ4n) is 1.50. The highest BCUT2D eigenvalue weighted by molar-refractivity contribution is 5.93. The van der Waals surface area contributed by atoms with Crippen molar-refractivity contribution >= 4 is 11.6 Å². The largest absolute Gasteiger partial charge is 0.369 e. The summed E-state index contributed by atoms with van der Waals surface area (Å²) in [4.78, 5) is 11.8. The summed E-state index contributed by atoms with van der Waals surface area (Å²) in [5, 5.41) is 2.82. The van der Waals surface area contributed by atoms with Gasteiger partial charge in [-0.25, -0.2) is 0 Å². The zero-order valence-corrected chi connectivity index (χ0v) is 11.1. The van der Waals surface area contributed by atoms with Crippen molar-refractivity contribution in [3.05, 3.63) is 29.8 Å². The van der Waals surface area contributed by atoms with Gasteiger partial charge in [0, 0.05) is 18.8 Å². The van der Waals surface area contributed by atoms with Crippen molar-refractivity contribution in [3.63, 3.8) is 0 Å². The van der Waals surface area contributed by atoms with Crippen molar-refractivity contribution in [1.29, 1.82) is 0 Å². The van der Waals surface area contributed by atoms with Gasteiger partial charge in [-0.15, -0.1) is 0 Å². The van der Waals surface area contributed by atoms with Crippen molar-refractivity contribution in [2.24, 2.45) is 5.73 Å². The minimum Gasteiger partial charge on any atom is -0.369 e. The van der Waals surface area contributed by atoms with Crippen LogP contribution in [0.25, 0.3) is 0 Å². The molecular weight excluding hydrogens is 228 g/mol. The fourth-order valence-corrected chi connectivity index (χ4v) is 1.50. The van der Waals surface area contributed by atoms with Gasteiger partial charge in [0.2, 0.25) is 0 Å². The van der Waals surface area contributed by atoms with Crippen LogP contribution >= 0.6 is 0 Å². The minimum atomic E-state index is -0.432. The molecule has 0 saturated carbocycles.